The second-order valence-corrected chi connectivity index (χ2v) is 7.54. The molecule has 1 amide bonds. The summed E-state index contributed by atoms with van der Waals surface area (Å²) in [6, 6.07) is 13.8. The Balaban J connectivity index is 1.68. The summed E-state index contributed by atoms with van der Waals surface area (Å²) in [6.45, 7) is 4.29. The minimum Gasteiger partial charge on any atom is -0.493 e. The van der Waals surface area contributed by atoms with Crippen LogP contribution in [0, 0.1) is 0 Å². The first-order valence-electron chi connectivity index (χ1n) is 10.3. The summed E-state index contributed by atoms with van der Waals surface area (Å²) in [7, 11) is 3.23. The van der Waals surface area contributed by atoms with E-state index in [0.717, 1.165) is 36.1 Å². The van der Waals surface area contributed by atoms with E-state index in [1.165, 1.54) is 0 Å². The van der Waals surface area contributed by atoms with Crippen molar-refractivity contribution >= 4 is 5.91 Å². The van der Waals surface area contributed by atoms with Gasteiger partial charge in [0.15, 0.2) is 11.5 Å². The first-order valence-corrected chi connectivity index (χ1v) is 10.3. The topological polar surface area (TPSA) is 56.8 Å². The number of fused-ring (bicyclic) bond motifs is 1. The van der Waals surface area contributed by atoms with Crippen LogP contribution in [0.5, 0.6) is 17.2 Å². The summed E-state index contributed by atoms with van der Waals surface area (Å²) < 4.78 is 17.0. The summed E-state index contributed by atoms with van der Waals surface area (Å²) in [5, 5.41) is 3.24. The SMILES string of the molecule is CCC1(CC)CC(NC(=O)CCc2ccc(OC)c(OC)c2)c2ccccc2O1. The Morgan fingerprint density at radius 3 is 2.52 bits per heavy atom. The molecule has 5 nitrogen and oxygen atoms in total. The molecule has 0 bridgehead atoms. The number of ether oxygens (including phenoxy) is 3. The van der Waals surface area contributed by atoms with Crippen LogP contribution in [-0.2, 0) is 11.2 Å². The van der Waals surface area contributed by atoms with E-state index in [1.807, 2.05) is 42.5 Å². The fraction of sp³-hybridized carbons (Fsp3) is 0.458. The van der Waals surface area contributed by atoms with E-state index >= 15 is 0 Å². The van der Waals surface area contributed by atoms with Gasteiger partial charge in [-0.05, 0) is 43.0 Å². The maximum absolute atomic E-state index is 12.8. The summed E-state index contributed by atoms with van der Waals surface area (Å²) in [4.78, 5) is 12.8. The molecule has 1 heterocycles. The van der Waals surface area contributed by atoms with E-state index in [4.69, 9.17) is 14.2 Å². The highest BCUT2D eigenvalue weighted by Crippen LogP contribution is 2.42. The van der Waals surface area contributed by atoms with Gasteiger partial charge in [0.2, 0.25) is 5.91 Å². The number of rotatable bonds is 8. The zero-order valence-electron chi connectivity index (χ0n) is 17.8. The van der Waals surface area contributed by atoms with Crippen LogP contribution < -0.4 is 19.5 Å². The minimum atomic E-state index is -0.227. The Morgan fingerprint density at radius 1 is 1.10 bits per heavy atom. The Kier molecular flexibility index (Phi) is 6.68. The standard InChI is InChI=1S/C24H31NO4/c1-5-24(6-2)16-19(18-9-7-8-10-20(18)29-24)25-23(26)14-12-17-11-13-21(27-3)22(15-17)28-4/h7-11,13,15,19H,5-6,12,14,16H2,1-4H3,(H,25,26). The molecule has 0 spiro atoms. The van der Waals surface area contributed by atoms with E-state index in [9.17, 15) is 4.79 Å². The van der Waals surface area contributed by atoms with Crippen molar-refractivity contribution in [1.29, 1.82) is 0 Å². The van der Waals surface area contributed by atoms with Gasteiger partial charge in [-0.2, -0.15) is 0 Å². The molecule has 2 aromatic carbocycles. The fourth-order valence-electron chi connectivity index (χ4n) is 3.99. The van der Waals surface area contributed by atoms with Crippen molar-refractivity contribution in [2.45, 2.75) is 57.6 Å². The molecule has 29 heavy (non-hydrogen) atoms. The van der Waals surface area contributed by atoms with E-state index < -0.39 is 0 Å². The molecule has 1 N–H and O–H groups in total. The lowest BCUT2D eigenvalue weighted by atomic mass is 9.83. The number of carbonyl (C=O) groups excluding carboxylic acids is 1. The number of para-hydroxylation sites is 1. The first-order chi connectivity index (χ1) is 14.0. The highest BCUT2D eigenvalue weighted by atomic mass is 16.5. The summed E-state index contributed by atoms with van der Waals surface area (Å²) in [6.07, 6.45) is 3.68. The van der Waals surface area contributed by atoms with Crippen LogP contribution in [-0.4, -0.2) is 25.7 Å². The molecule has 0 radical (unpaired) electrons. The number of carbonyl (C=O) groups is 1. The van der Waals surface area contributed by atoms with Gasteiger partial charge in [0.05, 0.1) is 20.3 Å². The zero-order chi connectivity index (χ0) is 20.9. The summed E-state index contributed by atoms with van der Waals surface area (Å²) >= 11 is 0. The van der Waals surface area contributed by atoms with E-state index in [1.54, 1.807) is 14.2 Å². The van der Waals surface area contributed by atoms with Crippen molar-refractivity contribution in [3.8, 4) is 17.2 Å². The van der Waals surface area contributed by atoms with Gasteiger partial charge in [0.25, 0.3) is 0 Å². The van der Waals surface area contributed by atoms with Crippen molar-refractivity contribution in [2.75, 3.05) is 14.2 Å². The van der Waals surface area contributed by atoms with Crippen LogP contribution in [0.4, 0.5) is 0 Å². The van der Waals surface area contributed by atoms with E-state index in [0.29, 0.717) is 24.3 Å². The lowest BCUT2D eigenvalue weighted by molar-refractivity contribution is -0.122. The molecule has 1 atom stereocenters. The van der Waals surface area contributed by atoms with Crippen molar-refractivity contribution in [3.63, 3.8) is 0 Å². The second-order valence-electron chi connectivity index (χ2n) is 7.54. The molecule has 156 valence electrons. The quantitative estimate of drug-likeness (QED) is 0.693. The van der Waals surface area contributed by atoms with Gasteiger partial charge in [0.1, 0.15) is 11.4 Å². The number of benzene rings is 2. The number of hydrogen-bond donors (Lipinski definition) is 1. The van der Waals surface area contributed by atoms with Crippen LogP contribution >= 0.6 is 0 Å². The Bertz CT molecular complexity index is 845. The predicted octanol–water partition coefficient (Wildman–Crippen LogP) is 4.84. The lowest BCUT2D eigenvalue weighted by Gasteiger charge is -2.41. The molecular weight excluding hydrogens is 366 g/mol. The predicted molar refractivity (Wildman–Crippen MR) is 114 cm³/mol. The molecule has 1 aliphatic heterocycles. The minimum absolute atomic E-state index is 0.0299. The molecule has 0 aromatic heterocycles. The van der Waals surface area contributed by atoms with Gasteiger partial charge in [-0.25, -0.2) is 0 Å². The van der Waals surface area contributed by atoms with Gasteiger partial charge >= 0.3 is 0 Å². The monoisotopic (exact) mass is 397 g/mol. The number of amides is 1. The van der Waals surface area contributed by atoms with Crippen LogP contribution in [0.15, 0.2) is 42.5 Å². The summed E-state index contributed by atoms with van der Waals surface area (Å²) in [5.41, 5.74) is 1.88. The highest BCUT2D eigenvalue weighted by molar-refractivity contribution is 5.77. The molecule has 0 aliphatic carbocycles. The highest BCUT2D eigenvalue weighted by Gasteiger charge is 2.38. The molecule has 5 heteroatoms. The lowest BCUT2D eigenvalue weighted by Crippen LogP contribution is -2.44. The third kappa shape index (κ3) is 4.66. The van der Waals surface area contributed by atoms with Crippen molar-refractivity contribution in [1.82, 2.24) is 5.32 Å². The first kappa shape index (κ1) is 21.0. The fourth-order valence-corrected chi connectivity index (χ4v) is 3.99. The number of nitrogens with one attached hydrogen (secondary N) is 1. The maximum atomic E-state index is 12.8. The smallest absolute Gasteiger partial charge is 0.220 e. The van der Waals surface area contributed by atoms with Crippen LogP contribution in [0.3, 0.4) is 0 Å². The van der Waals surface area contributed by atoms with Gasteiger partial charge < -0.3 is 19.5 Å². The molecule has 1 unspecified atom stereocenters. The van der Waals surface area contributed by atoms with Crippen molar-refractivity contribution in [3.05, 3.63) is 53.6 Å². The molecule has 1 aliphatic rings. The molecule has 2 aromatic rings. The Morgan fingerprint density at radius 2 is 1.83 bits per heavy atom. The second kappa shape index (κ2) is 9.21. The average Bonchev–Trinajstić information content (AvgIpc) is 2.77. The van der Waals surface area contributed by atoms with Gasteiger partial charge in [0, 0.05) is 18.4 Å². The molecule has 0 saturated carbocycles. The Labute approximate surface area is 173 Å². The van der Waals surface area contributed by atoms with Crippen LogP contribution in [0.25, 0.3) is 0 Å². The van der Waals surface area contributed by atoms with Crippen molar-refractivity contribution in [2.24, 2.45) is 0 Å². The number of methoxy groups -OCH3 is 2. The third-order valence-corrected chi connectivity index (χ3v) is 5.91. The van der Waals surface area contributed by atoms with Gasteiger partial charge in [-0.1, -0.05) is 38.1 Å². The number of aryl methyl sites for hydroxylation is 1. The van der Waals surface area contributed by atoms with Crippen LogP contribution in [0.1, 0.15) is 56.7 Å². The molecule has 3 rings (SSSR count). The maximum Gasteiger partial charge on any atom is 0.220 e. The van der Waals surface area contributed by atoms with Gasteiger partial charge in [-0.3, -0.25) is 4.79 Å². The molecule has 0 saturated heterocycles. The van der Waals surface area contributed by atoms with Gasteiger partial charge in [-0.15, -0.1) is 0 Å². The van der Waals surface area contributed by atoms with E-state index in [2.05, 4.69) is 19.2 Å². The summed E-state index contributed by atoms with van der Waals surface area (Å²) in [5.74, 6) is 2.30. The molecule has 0 fully saturated rings. The number of hydrogen-bond acceptors (Lipinski definition) is 4. The average molecular weight is 398 g/mol. The van der Waals surface area contributed by atoms with Crippen molar-refractivity contribution < 1.29 is 19.0 Å². The Hall–Kier alpha value is -2.69. The largest absolute Gasteiger partial charge is 0.493 e. The normalized spacial score (nSPS) is 17.0. The zero-order valence-corrected chi connectivity index (χ0v) is 17.8. The van der Waals surface area contributed by atoms with Crippen LogP contribution in [0.2, 0.25) is 0 Å². The van der Waals surface area contributed by atoms with E-state index in [-0.39, 0.29) is 17.6 Å². The third-order valence-electron chi connectivity index (χ3n) is 5.91. The molecular formula is C24H31NO4.